The Morgan fingerprint density at radius 2 is 1.42 bits per heavy atom. The van der Waals surface area contributed by atoms with Gasteiger partial charge < -0.3 is 4.74 Å². The van der Waals surface area contributed by atoms with Gasteiger partial charge in [-0.1, -0.05) is 32.6 Å². The zero-order valence-electron chi connectivity index (χ0n) is 14.7. The fourth-order valence-corrected chi connectivity index (χ4v) is 3.41. The lowest BCUT2D eigenvalue weighted by atomic mass is 9.80. The first kappa shape index (κ1) is 20.6. The molecule has 2 nitrogen and oxygen atoms in total. The zero-order valence-corrected chi connectivity index (χ0v) is 14.7. The van der Waals surface area contributed by atoms with Crippen LogP contribution in [0.4, 0.5) is 22.0 Å². The fraction of sp³-hybridized carbons (Fsp3) is 0.632. The molecule has 0 aliphatic heterocycles. The highest BCUT2D eigenvalue weighted by atomic mass is 19.2. The van der Waals surface area contributed by atoms with Crippen LogP contribution in [0.1, 0.15) is 63.9 Å². The second kappa shape index (κ2) is 9.33. The molecule has 26 heavy (non-hydrogen) atoms. The molecule has 1 fully saturated rings. The van der Waals surface area contributed by atoms with Crippen LogP contribution >= 0.6 is 0 Å². The molecule has 146 valence electrons. The highest BCUT2D eigenvalue weighted by molar-refractivity contribution is 5.72. The first-order valence-electron chi connectivity index (χ1n) is 9.03. The van der Waals surface area contributed by atoms with E-state index in [-0.39, 0.29) is 0 Å². The molecule has 0 unspecified atom stereocenters. The molecule has 7 heteroatoms. The maximum atomic E-state index is 13.6. The maximum absolute atomic E-state index is 13.6. The molecule has 0 N–H and O–H groups in total. The molecule has 1 saturated carbocycles. The Bertz CT molecular complexity index is 610. The standard InChI is InChI=1S/C19H23F5O2/c1-2-3-4-5-11-6-8-12(9-7-11)19(25)26-10-13-14(20)16(22)18(24)17(23)15(13)21/h11-12H,2-10H2,1H3. The SMILES string of the molecule is CCCCCC1CCC(C(=O)OCc2c(F)c(F)c(F)c(F)c2F)CC1. The predicted octanol–water partition coefficient (Wildman–Crippen LogP) is 5.81. The molecule has 2 rings (SSSR count). The summed E-state index contributed by atoms with van der Waals surface area (Å²) in [5.41, 5.74) is -1.12. The Morgan fingerprint density at radius 3 is 1.96 bits per heavy atom. The largest absolute Gasteiger partial charge is 0.460 e. The van der Waals surface area contributed by atoms with Crippen molar-refractivity contribution in [3.8, 4) is 0 Å². The summed E-state index contributed by atoms with van der Waals surface area (Å²) in [5.74, 6) is -10.7. The van der Waals surface area contributed by atoms with E-state index in [0.29, 0.717) is 18.8 Å². The normalized spacial score (nSPS) is 20.2. The van der Waals surface area contributed by atoms with Crippen molar-refractivity contribution in [1.82, 2.24) is 0 Å². The molecule has 0 bridgehead atoms. The number of carbonyl (C=O) groups excluding carboxylic acids is 1. The quantitative estimate of drug-likeness (QED) is 0.197. The van der Waals surface area contributed by atoms with Crippen LogP contribution in [0.2, 0.25) is 0 Å². The van der Waals surface area contributed by atoms with Gasteiger partial charge in [0.05, 0.1) is 11.5 Å². The molecular formula is C19H23F5O2. The van der Waals surface area contributed by atoms with Crippen molar-refractivity contribution in [2.24, 2.45) is 11.8 Å². The maximum Gasteiger partial charge on any atom is 0.309 e. The van der Waals surface area contributed by atoms with Gasteiger partial charge in [0, 0.05) is 0 Å². The van der Waals surface area contributed by atoms with E-state index >= 15 is 0 Å². The number of rotatable bonds is 7. The molecular weight excluding hydrogens is 355 g/mol. The van der Waals surface area contributed by atoms with Gasteiger partial charge in [0.25, 0.3) is 0 Å². The van der Waals surface area contributed by atoms with E-state index in [1.54, 1.807) is 0 Å². The molecule has 0 amide bonds. The average molecular weight is 378 g/mol. The van der Waals surface area contributed by atoms with Crippen molar-refractivity contribution < 1.29 is 31.5 Å². The van der Waals surface area contributed by atoms with E-state index in [1.807, 2.05) is 0 Å². The van der Waals surface area contributed by atoms with E-state index in [2.05, 4.69) is 6.92 Å². The van der Waals surface area contributed by atoms with Crippen LogP contribution in [0.3, 0.4) is 0 Å². The van der Waals surface area contributed by atoms with E-state index in [1.165, 1.54) is 6.42 Å². The third kappa shape index (κ3) is 4.74. The first-order chi connectivity index (χ1) is 12.4. The van der Waals surface area contributed by atoms with Gasteiger partial charge in [-0.25, -0.2) is 22.0 Å². The van der Waals surface area contributed by atoms with Gasteiger partial charge >= 0.3 is 5.97 Å². The summed E-state index contributed by atoms with van der Waals surface area (Å²) in [6.07, 6.45) is 7.62. The summed E-state index contributed by atoms with van der Waals surface area (Å²) in [7, 11) is 0. The lowest BCUT2D eigenvalue weighted by molar-refractivity contribution is -0.151. The summed E-state index contributed by atoms with van der Waals surface area (Å²) < 4.78 is 71.3. The Labute approximate surface area is 149 Å². The van der Waals surface area contributed by atoms with Gasteiger partial charge in [0.15, 0.2) is 23.3 Å². The Kier molecular flexibility index (Phi) is 7.41. The van der Waals surface area contributed by atoms with Crippen molar-refractivity contribution in [1.29, 1.82) is 0 Å². The van der Waals surface area contributed by atoms with Gasteiger partial charge in [0.1, 0.15) is 6.61 Å². The minimum Gasteiger partial charge on any atom is -0.460 e. The van der Waals surface area contributed by atoms with Crippen LogP contribution in [-0.2, 0) is 16.1 Å². The third-order valence-electron chi connectivity index (χ3n) is 5.06. The van der Waals surface area contributed by atoms with E-state index in [9.17, 15) is 26.7 Å². The van der Waals surface area contributed by atoms with Crippen molar-refractivity contribution >= 4 is 5.97 Å². The minimum absolute atomic E-state index is 0.390. The molecule has 0 heterocycles. The van der Waals surface area contributed by atoms with Crippen LogP contribution in [0.15, 0.2) is 0 Å². The predicted molar refractivity (Wildman–Crippen MR) is 85.6 cm³/mol. The van der Waals surface area contributed by atoms with E-state index in [4.69, 9.17) is 4.74 Å². The van der Waals surface area contributed by atoms with Crippen LogP contribution < -0.4 is 0 Å². The molecule has 1 aromatic carbocycles. The van der Waals surface area contributed by atoms with Gasteiger partial charge in [0.2, 0.25) is 5.82 Å². The van der Waals surface area contributed by atoms with E-state index < -0.39 is 53.1 Å². The molecule has 0 spiro atoms. The second-order valence-electron chi connectivity index (χ2n) is 6.87. The minimum atomic E-state index is -2.23. The van der Waals surface area contributed by atoms with Gasteiger partial charge in [-0.3, -0.25) is 4.79 Å². The highest BCUT2D eigenvalue weighted by Crippen LogP contribution is 2.33. The number of hydrogen-bond acceptors (Lipinski definition) is 2. The lowest BCUT2D eigenvalue weighted by Gasteiger charge is -2.27. The summed E-state index contributed by atoms with van der Waals surface area (Å²) in [6, 6.07) is 0. The first-order valence-corrected chi connectivity index (χ1v) is 9.03. The highest BCUT2D eigenvalue weighted by Gasteiger charge is 2.29. The molecule has 1 aliphatic carbocycles. The third-order valence-corrected chi connectivity index (χ3v) is 5.06. The van der Waals surface area contributed by atoms with Gasteiger partial charge in [-0.15, -0.1) is 0 Å². The molecule has 0 saturated heterocycles. The number of hydrogen-bond donors (Lipinski definition) is 0. The second-order valence-corrected chi connectivity index (χ2v) is 6.87. The molecule has 0 aromatic heterocycles. The van der Waals surface area contributed by atoms with Crippen LogP contribution in [0.25, 0.3) is 0 Å². The monoisotopic (exact) mass is 378 g/mol. The lowest BCUT2D eigenvalue weighted by Crippen LogP contribution is -2.24. The summed E-state index contributed by atoms with van der Waals surface area (Å²) in [5, 5.41) is 0. The van der Waals surface area contributed by atoms with Crippen LogP contribution in [0.5, 0.6) is 0 Å². The Morgan fingerprint density at radius 1 is 0.885 bits per heavy atom. The van der Waals surface area contributed by atoms with Crippen LogP contribution in [0, 0.1) is 40.9 Å². The summed E-state index contributed by atoms with van der Waals surface area (Å²) in [4.78, 5) is 12.1. The molecule has 0 atom stereocenters. The smallest absolute Gasteiger partial charge is 0.309 e. The number of unbranched alkanes of at least 4 members (excludes halogenated alkanes) is 2. The molecule has 0 radical (unpaired) electrons. The van der Waals surface area contributed by atoms with Crippen molar-refractivity contribution in [3.05, 3.63) is 34.6 Å². The number of carbonyl (C=O) groups is 1. The van der Waals surface area contributed by atoms with E-state index in [0.717, 1.165) is 32.1 Å². The van der Waals surface area contributed by atoms with Gasteiger partial charge in [-0.2, -0.15) is 0 Å². The number of halogens is 5. The number of benzene rings is 1. The molecule has 1 aromatic rings. The fourth-order valence-electron chi connectivity index (χ4n) is 3.41. The van der Waals surface area contributed by atoms with Crippen molar-refractivity contribution in [3.63, 3.8) is 0 Å². The summed E-state index contributed by atoms with van der Waals surface area (Å²) in [6.45, 7) is 1.17. The number of ether oxygens (including phenoxy) is 1. The number of esters is 1. The van der Waals surface area contributed by atoms with Crippen molar-refractivity contribution in [2.75, 3.05) is 0 Å². The molecule has 1 aliphatic rings. The van der Waals surface area contributed by atoms with Crippen molar-refractivity contribution in [2.45, 2.75) is 64.9 Å². The average Bonchev–Trinajstić information content (AvgIpc) is 2.65. The zero-order chi connectivity index (χ0) is 19.3. The van der Waals surface area contributed by atoms with Gasteiger partial charge in [-0.05, 0) is 31.6 Å². The Balaban J connectivity index is 1.89. The Hall–Kier alpha value is -1.66. The van der Waals surface area contributed by atoms with Crippen LogP contribution in [-0.4, -0.2) is 5.97 Å². The summed E-state index contributed by atoms with van der Waals surface area (Å²) >= 11 is 0. The topological polar surface area (TPSA) is 26.3 Å².